The molecular formula is C17H20N2O5. The number of ether oxygens (including phenoxy) is 1. The number of furan rings is 1. The number of nitrogens with one attached hydrogen (secondary N) is 2. The maximum atomic E-state index is 12.3. The Labute approximate surface area is 138 Å². The normalized spacial score (nSPS) is 20.2. The molecule has 7 heteroatoms. The molecule has 3 rings (SSSR count). The van der Waals surface area contributed by atoms with E-state index in [1.54, 1.807) is 18.2 Å². The van der Waals surface area contributed by atoms with E-state index in [1.165, 1.54) is 12.3 Å². The third-order valence-corrected chi connectivity index (χ3v) is 4.39. The number of aromatic nitrogens is 1. The third kappa shape index (κ3) is 3.42. The zero-order valence-electron chi connectivity index (χ0n) is 13.2. The highest BCUT2D eigenvalue weighted by molar-refractivity contribution is 5.94. The van der Waals surface area contributed by atoms with Gasteiger partial charge in [-0.25, -0.2) is 0 Å². The van der Waals surface area contributed by atoms with E-state index >= 15 is 0 Å². The van der Waals surface area contributed by atoms with Gasteiger partial charge in [-0.05, 0) is 37.1 Å². The molecule has 3 heterocycles. The minimum absolute atomic E-state index is 0.0393. The van der Waals surface area contributed by atoms with Gasteiger partial charge >= 0.3 is 0 Å². The molecule has 1 amide bonds. The number of hydrogen-bond acceptors (Lipinski definition) is 5. The van der Waals surface area contributed by atoms with Gasteiger partial charge in [-0.2, -0.15) is 0 Å². The van der Waals surface area contributed by atoms with Crippen molar-refractivity contribution in [3.63, 3.8) is 0 Å². The first-order valence-corrected chi connectivity index (χ1v) is 7.88. The topological polar surface area (TPSA) is 105 Å². The summed E-state index contributed by atoms with van der Waals surface area (Å²) in [6.45, 7) is 1.53. The van der Waals surface area contributed by atoms with E-state index in [1.807, 2.05) is 0 Å². The quantitative estimate of drug-likeness (QED) is 0.736. The minimum Gasteiger partial charge on any atom is -0.463 e. The first kappa shape index (κ1) is 16.5. The number of H-pyrrole nitrogens is 1. The molecule has 1 saturated heterocycles. The predicted octanol–water partition coefficient (Wildman–Crippen LogP) is 1.15. The predicted molar refractivity (Wildman–Crippen MR) is 86.7 cm³/mol. The highest BCUT2D eigenvalue weighted by Gasteiger charge is 2.34. The molecule has 0 aromatic carbocycles. The van der Waals surface area contributed by atoms with Crippen molar-refractivity contribution in [2.24, 2.45) is 5.41 Å². The van der Waals surface area contributed by atoms with E-state index in [4.69, 9.17) is 9.15 Å². The fourth-order valence-electron chi connectivity index (χ4n) is 2.90. The van der Waals surface area contributed by atoms with E-state index in [0.29, 0.717) is 37.6 Å². The van der Waals surface area contributed by atoms with Gasteiger partial charge in [0, 0.05) is 25.2 Å². The average molecular weight is 332 g/mol. The number of aliphatic hydroxyl groups is 1. The van der Waals surface area contributed by atoms with Gasteiger partial charge in [0.1, 0.15) is 11.3 Å². The number of carbonyl (C=O) groups is 1. The average Bonchev–Trinajstić information content (AvgIpc) is 3.25. The first-order valence-electron chi connectivity index (χ1n) is 7.88. The molecule has 0 saturated carbocycles. The van der Waals surface area contributed by atoms with Crippen molar-refractivity contribution in [1.29, 1.82) is 0 Å². The number of aliphatic hydroxyl groups excluding tert-OH is 1. The van der Waals surface area contributed by atoms with Crippen LogP contribution in [0.1, 0.15) is 23.2 Å². The van der Waals surface area contributed by atoms with E-state index < -0.39 is 11.5 Å². The van der Waals surface area contributed by atoms with Gasteiger partial charge in [-0.15, -0.1) is 0 Å². The van der Waals surface area contributed by atoms with Gasteiger partial charge in [-0.3, -0.25) is 9.59 Å². The van der Waals surface area contributed by atoms with Crippen LogP contribution >= 0.6 is 0 Å². The molecule has 0 bridgehead atoms. The van der Waals surface area contributed by atoms with Gasteiger partial charge in [-0.1, -0.05) is 0 Å². The first-order chi connectivity index (χ1) is 11.6. The summed E-state index contributed by atoms with van der Waals surface area (Å²) in [4.78, 5) is 27.1. The Morgan fingerprint density at radius 2 is 2.25 bits per heavy atom. The molecule has 0 radical (unpaired) electrons. The van der Waals surface area contributed by atoms with E-state index in [2.05, 4.69) is 10.3 Å². The minimum atomic E-state index is -0.472. The lowest BCUT2D eigenvalue weighted by molar-refractivity contribution is 0.0888. The lowest BCUT2D eigenvalue weighted by Gasteiger charge is -2.26. The van der Waals surface area contributed by atoms with Crippen LogP contribution in [0.3, 0.4) is 0 Å². The van der Waals surface area contributed by atoms with Gasteiger partial charge in [0.05, 0.1) is 18.6 Å². The Bertz CT molecular complexity index is 745. The van der Waals surface area contributed by atoms with Crippen LogP contribution < -0.4 is 10.9 Å². The second-order valence-electron chi connectivity index (χ2n) is 6.05. The van der Waals surface area contributed by atoms with E-state index in [9.17, 15) is 14.7 Å². The van der Waals surface area contributed by atoms with Crippen LogP contribution in [-0.4, -0.2) is 42.4 Å². The lowest BCUT2D eigenvalue weighted by Crippen LogP contribution is -2.40. The highest BCUT2D eigenvalue weighted by Crippen LogP contribution is 2.31. The maximum Gasteiger partial charge on any atom is 0.261 e. The standard InChI is InChI=1S/C17H20N2O5/c20-7-5-17(6-9-23-11-17)10-18-15(21)12-3-4-13(19-16(12)22)14-2-1-8-24-14/h1-4,8,20H,5-7,9-11H2,(H,18,21)(H,19,22). The number of rotatable bonds is 6. The van der Waals surface area contributed by atoms with Crippen molar-refractivity contribution in [3.8, 4) is 11.5 Å². The summed E-state index contributed by atoms with van der Waals surface area (Å²) < 4.78 is 10.6. The number of hydrogen-bond donors (Lipinski definition) is 3. The molecule has 24 heavy (non-hydrogen) atoms. The van der Waals surface area contributed by atoms with Crippen LogP contribution in [0.2, 0.25) is 0 Å². The van der Waals surface area contributed by atoms with Crippen molar-refractivity contribution >= 4 is 5.91 Å². The molecular weight excluding hydrogens is 312 g/mol. The van der Waals surface area contributed by atoms with Crippen LogP contribution in [0.4, 0.5) is 0 Å². The largest absolute Gasteiger partial charge is 0.463 e. The summed E-state index contributed by atoms with van der Waals surface area (Å²) in [6.07, 6.45) is 2.85. The van der Waals surface area contributed by atoms with Crippen LogP contribution in [0.5, 0.6) is 0 Å². The van der Waals surface area contributed by atoms with Crippen LogP contribution in [0, 0.1) is 5.41 Å². The monoisotopic (exact) mass is 332 g/mol. The van der Waals surface area contributed by atoms with Crippen molar-refractivity contribution in [2.75, 3.05) is 26.4 Å². The summed E-state index contributed by atoms with van der Waals surface area (Å²) in [7, 11) is 0. The molecule has 3 N–H and O–H groups in total. The zero-order chi connectivity index (χ0) is 17.0. The Balaban J connectivity index is 1.70. The molecule has 1 unspecified atom stereocenters. The zero-order valence-corrected chi connectivity index (χ0v) is 13.2. The molecule has 0 spiro atoms. The summed E-state index contributed by atoms with van der Waals surface area (Å²) in [5.41, 5.74) is -0.170. The van der Waals surface area contributed by atoms with Crippen molar-refractivity contribution < 1.29 is 19.1 Å². The van der Waals surface area contributed by atoms with Gasteiger partial charge in [0.2, 0.25) is 0 Å². The molecule has 1 atom stereocenters. The number of amides is 1. The Morgan fingerprint density at radius 1 is 1.38 bits per heavy atom. The Hall–Kier alpha value is -2.38. The maximum absolute atomic E-state index is 12.3. The second kappa shape index (κ2) is 7.02. The fourth-order valence-corrected chi connectivity index (χ4v) is 2.90. The van der Waals surface area contributed by atoms with Gasteiger partial charge < -0.3 is 24.6 Å². The number of carbonyl (C=O) groups excluding carboxylic acids is 1. The molecule has 2 aromatic heterocycles. The smallest absolute Gasteiger partial charge is 0.261 e. The SMILES string of the molecule is O=C(NCC1(CCO)CCOC1)c1ccc(-c2ccco2)[nH]c1=O. The molecule has 0 aliphatic carbocycles. The van der Waals surface area contributed by atoms with Crippen molar-refractivity contribution in [3.05, 3.63) is 46.4 Å². The van der Waals surface area contributed by atoms with Crippen molar-refractivity contribution in [2.45, 2.75) is 12.8 Å². The number of aromatic amines is 1. The third-order valence-electron chi connectivity index (χ3n) is 4.39. The number of pyridine rings is 1. The molecule has 7 nitrogen and oxygen atoms in total. The second-order valence-corrected chi connectivity index (χ2v) is 6.05. The van der Waals surface area contributed by atoms with Gasteiger partial charge in [0.25, 0.3) is 11.5 Å². The Kier molecular flexibility index (Phi) is 4.82. The highest BCUT2D eigenvalue weighted by atomic mass is 16.5. The lowest BCUT2D eigenvalue weighted by atomic mass is 9.84. The Morgan fingerprint density at radius 3 is 2.88 bits per heavy atom. The molecule has 1 aliphatic rings. The van der Waals surface area contributed by atoms with Crippen LogP contribution in [-0.2, 0) is 4.74 Å². The fraction of sp³-hybridized carbons (Fsp3) is 0.412. The summed E-state index contributed by atoms with van der Waals surface area (Å²) in [5, 5.41) is 12.0. The summed E-state index contributed by atoms with van der Waals surface area (Å²) in [5.74, 6) is 0.0931. The van der Waals surface area contributed by atoms with E-state index in [-0.39, 0.29) is 17.6 Å². The molecule has 128 valence electrons. The summed E-state index contributed by atoms with van der Waals surface area (Å²) in [6, 6.07) is 6.56. The van der Waals surface area contributed by atoms with Crippen LogP contribution in [0.15, 0.2) is 39.7 Å². The van der Waals surface area contributed by atoms with Crippen LogP contribution in [0.25, 0.3) is 11.5 Å². The molecule has 2 aromatic rings. The summed E-state index contributed by atoms with van der Waals surface area (Å²) >= 11 is 0. The molecule has 1 fully saturated rings. The van der Waals surface area contributed by atoms with E-state index in [0.717, 1.165) is 6.42 Å². The van der Waals surface area contributed by atoms with Crippen molar-refractivity contribution in [1.82, 2.24) is 10.3 Å². The molecule has 1 aliphatic heterocycles. The van der Waals surface area contributed by atoms with Gasteiger partial charge in [0.15, 0.2) is 0 Å².